The molecule has 8 heteroatoms. The Hall–Kier alpha value is -1.93. The number of aromatic nitrogens is 2. The summed E-state index contributed by atoms with van der Waals surface area (Å²) in [6, 6.07) is 0. The lowest BCUT2D eigenvalue weighted by Crippen LogP contribution is -2.44. The third-order valence-corrected chi connectivity index (χ3v) is 2.96. The fourth-order valence-electron chi connectivity index (χ4n) is 1.92. The average Bonchev–Trinajstić information content (AvgIpc) is 2.49. The van der Waals surface area contributed by atoms with Crippen LogP contribution in [0.1, 0.15) is 12.0 Å². The smallest absolute Gasteiger partial charge is 0.143 e. The van der Waals surface area contributed by atoms with Gasteiger partial charge in [0.25, 0.3) is 0 Å². The molecule has 0 amide bonds. The van der Waals surface area contributed by atoms with E-state index >= 15 is 0 Å². The Morgan fingerprint density at radius 3 is 3.00 bits per heavy atom. The van der Waals surface area contributed by atoms with Crippen molar-refractivity contribution in [2.45, 2.75) is 6.42 Å². The zero-order valence-electron chi connectivity index (χ0n) is 11.3. The topological polar surface area (TPSA) is 109 Å². The lowest BCUT2D eigenvalue weighted by atomic mass is 10.2. The molecule has 1 saturated heterocycles. The standard InChI is InChI=1S/C12H20N6O2/c13-11-10(8-17-20-7-1-6-19)12(16-9-15-11)18-4-2-14-3-5-18/h8-9,14,19H,1-7H2,(H2,13,15,16). The second-order valence-corrected chi connectivity index (χ2v) is 4.38. The van der Waals surface area contributed by atoms with Gasteiger partial charge in [-0.15, -0.1) is 0 Å². The van der Waals surface area contributed by atoms with Crippen LogP contribution in [0.15, 0.2) is 11.5 Å². The first-order valence-corrected chi connectivity index (χ1v) is 6.65. The van der Waals surface area contributed by atoms with Gasteiger partial charge in [0.05, 0.1) is 11.8 Å². The van der Waals surface area contributed by atoms with E-state index in [0.717, 1.165) is 32.0 Å². The monoisotopic (exact) mass is 280 g/mol. The van der Waals surface area contributed by atoms with Gasteiger partial charge in [-0.3, -0.25) is 0 Å². The van der Waals surface area contributed by atoms with Crippen molar-refractivity contribution in [2.75, 3.05) is 50.0 Å². The first-order chi connectivity index (χ1) is 9.83. The van der Waals surface area contributed by atoms with E-state index in [1.54, 1.807) is 0 Å². The molecule has 1 aromatic rings. The van der Waals surface area contributed by atoms with Gasteiger partial charge in [0.1, 0.15) is 24.6 Å². The van der Waals surface area contributed by atoms with Crippen molar-refractivity contribution in [3.05, 3.63) is 11.9 Å². The summed E-state index contributed by atoms with van der Waals surface area (Å²) in [7, 11) is 0. The van der Waals surface area contributed by atoms with E-state index in [9.17, 15) is 0 Å². The Morgan fingerprint density at radius 1 is 1.45 bits per heavy atom. The van der Waals surface area contributed by atoms with Crippen molar-refractivity contribution in [3.8, 4) is 0 Å². The Bertz CT molecular complexity index is 448. The molecule has 0 atom stereocenters. The van der Waals surface area contributed by atoms with Crippen LogP contribution in [0.5, 0.6) is 0 Å². The average molecular weight is 280 g/mol. The fourth-order valence-corrected chi connectivity index (χ4v) is 1.92. The van der Waals surface area contributed by atoms with Crippen molar-refractivity contribution >= 4 is 17.9 Å². The number of rotatable bonds is 6. The summed E-state index contributed by atoms with van der Waals surface area (Å²) < 4.78 is 0. The van der Waals surface area contributed by atoms with E-state index in [1.807, 2.05) is 0 Å². The minimum absolute atomic E-state index is 0.0815. The number of oxime groups is 1. The summed E-state index contributed by atoms with van der Waals surface area (Å²) in [6.07, 6.45) is 3.53. The SMILES string of the molecule is Nc1ncnc(N2CCNCC2)c1C=NOCCCO. The molecule has 8 nitrogen and oxygen atoms in total. The predicted molar refractivity (Wildman–Crippen MR) is 76.8 cm³/mol. The van der Waals surface area contributed by atoms with Crippen LogP contribution in [0.2, 0.25) is 0 Å². The number of aliphatic hydroxyl groups excluding tert-OH is 1. The van der Waals surface area contributed by atoms with Crippen LogP contribution in [0.25, 0.3) is 0 Å². The van der Waals surface area contributed by atoms with E-state index in [0.29, 0.717) is 24.4 Å². The van der Waals surface area contributed by atoms with E-state index in [1.165, 1.54) is 12.5 Å². The number of nitrogens with two attached hydrogens (primary N) is 1. The molecule has 2 rings (SSSR count). The van der Waals surface area contributed by atoms with Crippen LogP contribution >= 0.6 is 0 Å². The number of nitrogens with zero attached hydrogens (tertiary/aromatic N) is 4. The molecule has 4 N–H and O–H groups in total. The highest BCUT2D eigenvalue weighted by molar-refractivity contribution is 5.91. The molecule has 0 saturated carbocycles. The molecule has 1 aliphatic rings. The predicted octanol–water partition coefficient (Wildman–Crippen LogP) is -0.799. The van der Waals surface area contributed by atoms with E-state index in [-0.39, 0.29) is 6.61 Å². The molecular weight excluding hydrogens is 260 g/mol. The van der Waals surface area contributed by atoms with Crippen LogP contribution < -0.4 is 16.0 Å². The summed E-state index contributed by atoms with van der Waals surface area (Å²) in [6.45, 7) is 3.99. The number of anilines is 2. The molecular formula is C12H20N6O2. The van der Waals surface area contributed by atoms with Crippen LogP contribution in [0.4, 0.5) is 11.6 Å². The molecule has 110 valence electrons. The van der Waals surface area contributed by atoms with Crippen LogP contribution in [0, 0.1) is 0 Å². The number of hydrogen-bond acceptors (Lipinski definition) is 8. The van der Waals surface area contributed by atoms with Gasteiger partial charge in [0, 0.05) is 39.2 Å². The van der Waals surface area contributed by atoms with E-state index < -0.39 is 0 Å². The molecule has 20 heavy (non-hydrogen) atoms. The third kappa shape index (κ3) is 3.78. The Morgan fingerprint density at radius 2 is 2.25 bits per heavy atom. The molecule has 1 aliphatic heterocycles. The van der Waals surface area contributed by atoms with E-state index in [4.69, 9.17) is 15.7 Å². The summed E-state index contributed by atoms with van der Waals surface area (Å²) >= 11 is 0. The van der Waals surface area contributed by atoms with Gasteiger partial charge in [-0.05, 0) is 0 Å². The number of piperazine rings is 1. The maximum atomic E-state index is 8.66. The fraction of sp³-hybridized carbons (Fsp3) is 0.583. The van der Waals surface area contributed by atoms with Crippen molar-refractivity contribution in [3.63, 3.8) is 0 Å². The Labute approximate surface area is 117 Å². The number of hydrogen-bond donors (Lipinski definition) is 3. The maximum Gasteiger partial charge on any atom is 0.143 e. The molecule has 0 aliphatic carbocycles. The normalized spacial score (nSPS) is 15.8. The minimum atomic E-state index is 0.0815. The van der Waals surface area contributed by atoms with Gasteiger partial charge >= 0.3 is 0 Å². The van der Waals surface area contributed by atoms with Gasteiger partial charge in [-0.25, -0.2) is 9.97 Å². The molecule has 0 radical (unpaired) electrons. The first-order valence-electron chi connectivity index (χ1n) is 6.65. The summed E-state index contributed by atoms with van der Waals surface area (Å²) in [5.74, 6) is 1.15. The minimum Gasteiger partial charge on any atom is -0.396 e. The van der Waals surface area contributed by atoms with Crippen molar-refractivity contribution in [2.24, 2.45) is 5.16 Å². The van der Waals surface area contributed by atoms with Crippen LogP contribution in [0.3, 0.4) is 0 Å². The first kappa shape index (κ1) is 14.5. The second-order valence-electron chi connectivity index (χ2n) is 4.38. The molecule has 0 aromatic carbocycles. The van der Waals surface area contributed by atoms with E-state index in [2.05, 4.69) is 25.3 Å². The quantitative estimate of drug-likeness (QED) is 0.355. The van der Waals surface area contributed by atoms with Crippen molar-refractivity contribution < 1.29 is 9.94 Å². The molecule has 2 heterocycles. The largest absolute Gasteiger partial charge is 0.396 e. The molecule has 0 bridgehead atoms. The van der Waals surface area contributed by atoms with Gasteiger partial charge < -0.3 is 25.9 Å². The zero-order chi connectivity index (χ0) is 14.2. The summed E-state index contributed by atoms with van der Waals surface area (Å²) in [5.41, 5.74) is 6.55. The molecule has 0 unspecified atom stereocenters. The van der Waals surface area contributed by atoms with Gasteiger partial charge in [-0.1, -0.05) is 5.16 Å². The molecule has 1 aromatic heterocycles. The lowest BCUT2D eigenvalue weighted by molar-refractivity contribution is 0.125. The van der Waals surface area contributed by atoms with Gasteiger partial charge in [0.15, 0.2) is 0 Å². The van der Waals surface area contributed by atoms with Crippen molar-refractivity contribution in [1.82, 2.24) is 15.3 Å². The number of nitrogens with one attached hydrogen (secondary N) is 1. The second kappa shape index (κ2) is 7.61. The number of aliphatic hydroxyl groups is 1. The highest BCUT2D eigenvalue weighted by Crippen LogP contribution is 2.19. The maximum absolute atomic E-state index is 8.66. The molecule has 1 fully saturated rings. The number of nitrogen functional groups attached to an aromatic ring is 1. The molecule has 0 spiro atoms. The van der Waals surface area contributed by atoms with Gasteiger partial charge in [0.2, 0.25) is 0 Å². The van der Waals surface area contributed by atoms with Crippen molar-refractivity contribution in [1.29, 1.82) is 0 Å². The Kier molecular flexibility index (Phi) is 5.51. The summed E-state index contributed by atoms with van der Waals surface area (Å²) in [5, 5.41) is 15.8. The Balaban J connectivity index is 2.09. The zero-order valence-corrected chi connectivity index (χ0v) is 11.3. The summed E-state index contributed by atoms with van der Waals surface area (Å²) in [4.78, 5) is 15.5. The van der Waals surface area contributed by atoms with Crippen LogP contribution in [-0.4, -0.2) is 60.7 Å². The third-order valence-electron chi connectivity index (χ3n) is 2.96. The van der Waals surface area contributed by atoms with Gasteiger partial charge in [-0.2, -0.15) is 0 Å². The van der Waals surface area contributed by atoms with Crippen LogP contribution in [-0.2, 0) is 4.84 Å². The highest BCUT2D eigenvalue weighted by atomic mass is 16.6. The lowest BCUT2D eigenvalue weighted by Gasteiger charge is -2.29. The highest BCUT2D eigenvalue weighted by Gasteiger charge is 2.17.